The smallest absolute Gasteiger partial charge is 0.301 e. The van der Waals surface area contributed by atoms with E-state index in [2.05, 4.69) is 4.90 Å². The zero-order chi connectivity index (χ0) is 29.9. The summed E-state index contributed by atoms with van der Waals surface area (Å²) in [6.07, 6.45) is -3.38. The second-order valence-corrected chi connectivity index (χ2v) is 11.6. The number of benzene rings is 2. The van der Waals surface area contributed by atoms with Crippen molar-refractivity contribution in [2.24, 2.45) is 0 Å². The van der Waals surface area contributed by atoms with E-state index < -0.39 is 39.1 Å². The van der Waals surface area contributed by atoms with Gasteiger partial charge in [-0.1, -0.05) is 12.1 Å². The van der Waals surface area contributed by atoms with Crippen LogP contribution in [0.4, 0.5) is 18.9 Å². The van der Waals surface area contributed by atoms with E-state index in [0.29, 0.717) is 43.4 Å². The molecule has 2 aromatic carbocycles. The minimum Gasteiger partial charge on any atom is -0.301 e. The highest BCUT2D eigenvalue weighted by atomic mass is 32.2. The van der Waals surface area contributed by atoms with Gasteiger partial charge < -0.3 is 4.90 Å². The molecule has 2 aromatic rings. The molecule has 0 spiro atoms. The van der Waals surface area contributed by atoms with Crippen LogP contribution in [-0.4, -0.2) is 62.2 Å². The summed E-state index contributed by atoms with van der Waals surface area (Å²) in [5.74, 6) is -1.38. The number of halogens is 3. The number of unbranched alkanes of at least 4 members (excludes halogenated alkanes) is 1. The molecule has 0 atom stereocenters. The van der Waals surface area contributed by atoms with E-state index >= 15 is 0 Å². The number of hydrogen-bond donors (Lipinski definition) is 0. The highest BCUT2D eigenvalue weighted by Gasteiger charge is 2.39. The lowest BCUT2D eigenvalue weighted by atomic mass is 10.0. The van der Waals surface area contributed by atoms with E-state index in [1.54, 1.807) is 12.1 Å². The van der Waals surface area contributed by atoms with Crippen LogP contribution in [-0.2, 0) is 25.8 Å². The van der Waals surface area contributed by atoms with E-state index in [4.69, 9.17) is 5.26 Å². The predicted molar refractivity (Wildman–Crippen MR) is 142 cm³/mol. The molecule has 1 saturated heterocycles. The fraction of sp³-hybridized carbons (Fsp3) is 0.357. The Labute approximate surface area is 235 Å². The Bertz CT molecular complexity index is 1600. The summed E-state index contributed by atoms with van der Waals surface area (Å²) in [6, 6.07) is 12.2. The van der Waals surface area contributed by atoms with Crippen molar-refractivity contribution in [1.29, 1.82) is 10.5 Å². The maximum absolute atomic E-state index is 13.4. The second-order valence-electron chi connectivity index (χ2n) is 9.70. The molecule has 0 N–H and O–H groups in total. The maximum atomic E-state index is 13.4. The molecule has 2 amide bonds. The van der Waals surface area contributed by atoms with Gasteiger partial charge in [-0.25, -0.2) is 13.3 Å². The molecular formula is C28H26F3N5O4S. The second kappa shape index (κ2) is 11.8. The van der Waals surface area contributed by atoms with Gasteiger partial charge in [-0.2, -0.15) is 28.0 Å². The number of piperazine rings is 1. The molecule has 0 unspecified atom stereocenters. The summed E-state index contributed by atoms with van der Waals surface area (Å²) in [6.45, 7) is 3.60. The number of carbonyl (C=O) groups excluding carboxylic acids is 2. The first-order chi connectivity index (χ1) is 19.4. The van der Waals surface area contributed by atoms with Crippen LogP contribution in [0, 0.1) is 22.7 Å². The lowest BCUT2D eigenvalue weighted by Gasteiger charge is -2.34. The zero-order valence-electron chi connectivity index (χ0n) is 22.1. The van der Waals surface area contributed by atoms with Crippen molar-refractivity contribution in [1.82, 2.24) is 9.21 Å². The van der Waals surface area contributed by atoms with Gasteiger partial charge in [0.15, 0.2) is 0 Å². The van der Waals surface area contributed by atoms with E-state index in [1.165, 1.54) is 29.4 Å². The topological polar surface area (TPSA) is 126 Å². The Morgan fingerprint density at radius 3 is 2.20 bits per heavy atom. The number of rotatable bonds is 8. The summed E-state index contributed by atoms with van der Waals surface area (Å²) in [4.78, 5) is 28.6. The highest BCUT2D eigenvalue weighted by molar-refractivity contribution is 7.89. The van der Waals surface area contributed by atoms with E-state index in [9.17, 15) is 36.4 Å². The Hall–Kier alpha value is -4.04. The van der Waals surface area contributed by atoms with Gasteiger partial charge in [-0.05, 0) is 63.1 Å². The Balaban J connectivity index is 1.32. The van der Waals surface area contributed by atoms with Gasteiger partial charge in [-0.3, -0.25) is 9.59 Å². The van der Waals surface area contributed by atoms with Crippen LogP contribution in [0.5, 0.6) is 0 Å². The minimum absolute atomic E-state index is 0.0138. The average Bonchev–Trinajstić information content (AvgIpc) is 3.17. The van der Waals surface area contributed by atoms with Crippen molar-refractivity contribution in [3.8, 4) is 12.1 Å². The van der Waals surface area contributed by atoms with Crippen LogP contribution in [0.3, 0.4) is 0 Å². The van der Waals surface area contributed by atoms with Gasteiger partial charge in [0.2, 0.25) is 10.0 Å². The molecule has 2 aliphatic rings. The number of nitriles is 2. The predicted octanol–water partition coefficient (Wildman–Crippen LogP) is 3.82. The van der Waals surface area contributed by atoms with E-state index in [0.717, 1.165) is 12.1 Å². The Morgan fingerprint density at radius 2 is 1.56 bits per heavy atom. The standard InChI is InChI=1S/C28H26F3N5O4S/c1-19-23(27(38)36(26(19)37)22-10-9-20(17-32)24(16-22)28(29,30)31)7-4-5-11-34-12-14-35(15-13-34)41(39,40)25-8-3-2-6-21(25)18-33/h2-3,6,8-10,16H,4-5,7,11-15H2,1H3. The zero-order valence-corrected chi connectivity index (χ0v) is 22.9. The summed E-state index contributed by atoms with van der Waals surface area (Å²) in [5, 5.41) is 18.3. The summed E-state index contributed by atoms with van der Waals surface area (Å²) in [7, 11) is -3.80. The molecule has 0 aromatic heterocycles. The van der Waals surface area contributed by atoms with E-state index in [-0.39, 0.29) is 46.8 Å². The Morgan fingerprint density at radius 1 is 0.902 bits per heavy atom. The highest BCUT2D eigenvalue weighted by Crippen LogP contribution is 2.37. The van der Waals surface area contributed by atoms with Crippen molar-refractivity contribution in [3.63, 3.8) is 0 Å². The third-order valence-electron chi connectivity index (χ3n) is 7.23. The van der Waals surface area contributed by atoms with Gasteiger partial charge >= 0.3 is 6.18 Å². The van der Waals surface area contributed by atoms with Crippen molar-refractivity contribution in [2.75, 3.05) is 37.6 Å². The first-order valence-electron chi connectivity index (χ1n) is 12.8. The molecule has 0 saturated carbocycles. The number of hydrogen-bond acceptors (Lipinski definition) is 7. The molecule has 2 heterocycles. The van der Waals surface area contributed by atoms with Gasteiger partial charge in [0.1, 0.15) is 6.07 Å². The number of anilines is 1. The van der Waals surface area contributed by atoms with Gasteiger partial charge in [0.25, 0.3) is 11.8 Å². The first-order valence-corrected chi connectivity index (χ1v) is 14.3. The average molecular weight is 586 g/mol. The third kappa shape index (κ3) is 6.03. The van der Waals surface area contributed by atoms with Gasteiger partial charge in [0.05, 0.1) is 33.3 Å². The molecule has 0 radical (unpaired) electrons. The number of amides is 2. The third-order valence-corrected chi connectivity index (χ3v) is 9.19. The lowest BCUT2D eigenvalue weighted by molar-refractivity contribution is -0.138. The molecule has 41 heavy (non-hydrogen) atoms. The maximum Gasteiger partial charge on any atom is 0.417 e. The molecule has 0 bridgehead atoms. The molecule has 9 nitrogen and oxygen atoms in total. The van der Waals surface area contributed by atoms with Crippen LogP contribution >= 0.6 is 0 Å². The summed E-state index contributed by atoms with van der Waals surface area (Å²) >= 11 is 0. The molecular weight excluding hydrogens is 559 g/mol. The number of imide groups is 1. The molecule has 4 rings (SSSR count). The lowest BCUT2D eigenvalue weighted by Crippen LogP contribution is -2.48. The van der Waals surface area contributed by atoms with Crippen molar-refractivity contribution in [2.45, 2.75) is 37.3 Å². The summed E-state index contributed by atoms with van der Waals surface area (Å²) < 4.78 is 67.6. The summed E-state index contributed by atoms with van der Waals surface area (Å²) in [5.41, 5.74) is -1.56. The SMILES string of the molecule is CC1=C(CCCCN2CCN(S(=O)(=O)c3ccccc3C#N)CC2)C(=O)N(c2ccc(C#N)c(C(F)(F)F)c2)C1=O. The molecule has 1 fully saturated rings. The number of alkyl halides is 3. The van der Waals surface area contributed by atoms with Crippen LogP contribution in [0.25, 0.3) is 0 Å². The van der Waals surface area contributed by atoms with Crippen molar-refractivity contribution in [3.05, 3.63) is 70.3 Å². The van der Waals surface area contributed by atoms with Crippen LogP contribution in [0.15, 0.2) is 58.5 Å². The number of sulfonamides is 1. The van der Waals surface area contributed by atoms with Crippen LogP contribution in [0.2, 0.25) is 0 Å². The van der Waals surface area contributed by atoms with Crippen molar-refractivity contribution >= 4 is 27.5 Å². The van der Waals surface area contributed by atoms with Crippen molar-refractivity contribution < 1.29 is 31.2 Å². The first kappa shape index (κ1) is 29.9. The van der Waals surface area contributed by atoms with Gasteiger partial charge in [0, 0.05) is 37.3 Å². The van der Waals surface area contributed by atoms with Crippen LogP contribution < -0.4 is 4.90 Å². The Kier molecular flexibility index (Phi) is 8.63. The largest absolute Gasteiger partial charge is 0.417 e. The normalized spacial score (nSPS) is 17.2. The minimum atomic E-state index is -4.82. The quantitative estimate of drug-likeness (QED) is 0.341. The molecule has 2 aliphatic heterocycles. The number of carbonyl (C=O) groups is 2. The molecule has 0 aliphatic carbocycles. The molecule has 214 valence electrons. The fourth-order valence-corrected chi connectivity index (χ4v) is 6.53. The van der Waals surface area contributed by atoms with E-state index in [1.807, 2.05) is 6.07 Å². The molecule has 13 heteroatoms. The fourth-order valence-electron chi connectivity index (χ4n) is 4.97. The van der Waals surface area contributed by atoms with Gasteiger partial charge in [-0.15, -0.1) is 0 Å². The monoisotopic (exact) mass is 585 g/mol. The van der Waals surface area contributed by atoms with Crippen LogP contribution in [0.1, 0.15) is 42.9 Å². The number of nitrogens with zero attached hydrogens (tertiary/aromatic N) is 5.